The molecule has 0 bridgehead atoms. The summed E-state index contributed by atoms with van der Waals surface area (Å²) in [6.45, 7) is 1.94. The Hall–Kier alpha value is -2.67. The van der Waals surface area contributed by atoms with Crippen LogP contribution in [0.4, 0.5) is 0 Å². The molecule has 2 aromatic heterocycles. The van der Waals surface area contributed by atoms with Crippen LogP contribution in [0.25, 0.3) is 5.69 Å². The monoisotopic (exact) mass is 343 g/mol. The van der Waals surface area contributed by atoms with Crippen LogP contribution in [0.5, 0.6) is 0 Å². The van der Waals surface area contributed by atoms with Crippen molar-refractivity contribution in [2.24, 2.45) is 0 Å². The summed E-state index contributed by atoms with van der Waals surface area (Å²) in [4.78, 5) is 23.2. The predicted molar refractivity (Wildman–Crippen MR) is 86.2 cm³/mol. The van der Waals surface area contributed by atoms with Gasteiger partial charge in [-0.1, -0.05) is 23.7 Å². The largest absolute Gasteiger partial charge is 0.337 e. The van der Waals surface area contributed by atoms with E-state index < -0.39 is 6.04 Å². The van der Waals surface area contributed by atoms with Gasteiger partial charge in [0.25, 0.3) is 11.8 Å². The van der Waals surface area contributed by atoms with E-state index in [1.165, 1.54) is 0 Å². The van der Waals surface area contributed by atoms with Crippen LogP contribution in [0.1, 0.15) is 40.7 Å². The molecule has 122 valence electrons. The summed E-state index contributed by atoms with van der Waals surface area (Å²) in [5, 5.41) is 4.45. The summed E-state index contributed by atoms with van der Waals surface area (Å²) >= 11 is 6.08. The number of hydrogen-bond acceptors (Lipinski definition) is 5. The lowest BCUT2D eigenvalue weighted by atomic mass is 10.1. The molecule has 1 unspecified atom stereocenters. The number of benzene rings is 1. The fourth-order valence-corrected chi connectivity index (χ4v) is 3.09. The van der Waals surface area contributed by atoms with Crippen LogP contribution in [0.15, 0.2) is 35.2 Å². The third-order valence-electron chi connectivity index (χ3n) is 4.14. The maximum Gasteiger partial charge on any atom is 0.256 e. The fourth-order valence-electron chi connectivity index (χ4n) is 2.92. The first-order chi connectivity index (χ1) is 11.6. The summed E-state index contributed by atoms with van der Waals surface area (Å²) in [6.07, 6.45) is 4.02. The van der Waals surface area contributed by atoms with Gasteiger partial charge in [-0.05, 0) is 18.2 Å². The molecule has 0 saturated heterocycles. The molecule has 1 aromatic carbocycles. The van der Waals surface area contributed by atoms with Gasteiger partial charge < -0.3 is 9.42 Å². The molecule has 1 amide bonds. The standard InChI is InChI=1S/C16H14ClN5O2/c1-3-13-19-15(24-20-13)14-12-7-18-8-22(12)11-5-4-9(17)6-10(11)16(23)21(14)2/h4-8,14H,3H2,1-2H3. The molecule has 8 heteroatoms. The molecule has 0 spiro atoms. The molecule has 7 nitrogen and oxygen atoms in total. The number of aryl methyl sites for hydroxylation is 1. The minimum Gasteiger partial charge on any atom is -0.337 e. The van der Waals surface area contributed by atoms with Crippen molar-refractivity contribution in [2.45, 2.75) is 19.4 Å². The van der Waals surface area contributed by atoms with Crippen LogP contribution in [0, 0.1) is 0 Å². The molecule has 4 rings (SSSR count). The Balaban J connectivity index is 1.94. The minimum absolute atomic E-state index is 0.169. The molecule has 0 N–H and O–H groups in total. The Morgan fingerprint density at radius 1 is 1.38 bits per heavy atom. The average molecular weight is 344 g/mol. The second-order valence-electron chi connectivity index (χ2n) is 5.57. The highest BCUT2D eigenvalue weighted by molar-refractivity contribution is 6.31. The molecule has 3 aromatic rings. The Bertz CT molecular complexity index is 932. The third-order valence-corrected chi connectivity index (χ3v) is 4.37. The van der Waals surface area contributed by atoms with Crippen LogP contribution in [0.2, 0.25) is 5.02 Å². The van der Waals surface area contributed by atoms with Gasteiger partial charge in [-0.25, -0.2) is 4.98 Å². The number of aromatic nitrogens is 4. The van der Waals surface area contributed by atoms with Gasteiger partial charge >= 0.3 is 0 Å². The van der Waals surface area contributed by atoms with Crippen LogP contribution >= 0.6 is 11.6 Å². The molecule has 0 saturated carbocycles. The number of carbonyl (C=O) groups excluding carboxylic acids is 1. The number of hydrogen-bond donors (Lipinski definition) is 0. The number of rotatable bonds is 2. The molecule has 0 aliphatic carbocycles. The molecule has 0 radical (unpaired) electrons. The van der Waals surface area contributed by atoms with Gasteiger partial charge in [-0.15, -0.1) is 0 Å². The van der Waals surface area contributed by atoms with E-state index in [1.54, 1.807) is 36.6 Å². The summed E-state index contributed by atoms with van der Waals surface area (Å²) < 4.78 is 7.25. The van der Waals surface area contributed by atoms with Crippen LogP contribution in [0.3, 0.4) is 0 Å². The lowest BCUT2D eigenvalue weighted by molar-refractivity contribution is 0.0735. The van der Waals surface area contributed by atoms with Gasteiger partial charge in [-0.3, -0.25) is 9.36 Å². The third kappa shape index (κ3) is 2.12. The van der Waals surface area contributed by atoms with Crippen molar-refractivity contribution < 1.29 is 9.32 Å². The van der Waals surface area contributed by atoms with Crippen LogP contribution < -0.4 is 0 Å². The van der Waals surface area contributed by atoms with Crippen molar-refractivity contribution in [2.75, 3.05) is 7.05 Å². The first-order valence-electron chi connectivity index (χ1n) is 7.52. The van der Waals surface area contributed by atoms with Gasteiger partial charge in [0, 0.05) is 18.5 Å². The van der Waals surface area contributed by atoms with E-state index in [9.17, 15) is 4.79 Å². The summed E-state index contributed by atoms with van der Waals surface area (Å²) in [7, 11) is 1.70. The number of nitrogens with zero attached hydrogens (tertiary/aromatic N) is 5. The van der Waals surface area contributed by atoms with E-state index >= 15 is 0 Å². The van der Waals surface area contributed by atoms with E-state index in [-0.39, 0.29) is 5.91 Å². The van der Waals surface area contributed by atoms with E-state index in [2.05, 4.69) is 15.1 Å². The molecule has 1 aliphatic heterocycles. The molecular weight excluding hydrogens is 330 g/mol. The summed E-state index contributed by atoms with van der Waals surface area (Å²) in [5.41, 5.74) is 2.00. The minimum atomic E-state index is -0.515. The zero-order chi connectivity index (χ0) is 16.8. The number of fused-ring (bicyclic) bond motifs is 3. The normalized spacial score (nSPS) is 16.7. The van der Waals surface area contributed by atoms with Gasteiger partial charge in [0.1, 0.15) is 0 Å². The van der Waals surface area contributed by atoms with Crippen molar-refractivity contribution in [1.82, 2.24) is 24.6 Å². The maximum atomic E-state index is 13.0. The quantitative estimate of drug-likeness (QED) is 0.715. The number of carbonyl (C=O) groups is 1. The zero-order valence-corrected chi connectivity index (χ0v) is 13.9. The van der Waals surface area contributed by atoms with E-state index in [4.69, 9.17) is 16.1 Å². The topological polar surface area (TPSA) is 77.0 Å². The molecule has 1 aliphatic rings. The van der Waals surface area contributed by atoms with Crippen molar-refractivity contribution in [1.29, 1.82) is 0 Å². The molecular formula is C16H14ClN5O2. The maximum absolute atomic E-state index is 13.0. The number of halogens is 1. The summed E-state index contributed by atoms with van der Waals surface area (Å²) in [5.74, 6) is 0.794. The molecule has 24 heavy (non-hydrogen) atoms. The first kappa shape index (κ1) is 14.9. The number of amides is 1. The van der Waals surface area contributed by atoms with Crippen molar-refractivity contribution in [3.05, 3.63) is 58.7 Å². The molecule has 0 fully saturated rings. The van der Waals surface area contributed by atoms with Gasteiger partial charge in [0.2, 0.25) is 0 Å². The molecule has 3 heterocycles. The van der Waals surface area contributed by atoms with Crippen LogP contribution in [-0.4, -0.2) is 37.5 Å². The highest BCUT2D eigenvalue weighted by atomic mass is 35.5. The van der Waals surface area contributed by atoms with Gasteiger partial charge in [0.15, 0.2) is 11.9 Å². The molecule has 1 atom stereocenters. The Morgan fingerprint density at radius 3 is 2.96 bits per heavy atom. The zero-order valence-electron chi connectivity index (χ0n) is 13.1. The Morgan fingerprint density at radius 2 is 2.21 bits per heavy atom. The van der Waals surface area contributed by atoms with Crippen molar-refractivity contribution in [3.63, 3.8) is 0 Å². The SMILES string of the molecule is CCc1noc(C2c3cncn3-c3ccc(Cl)cc3C(=O)N2C)n1. The van der Waals surface area contributed by atoms with E-state index in [0.717, 1.165) is 11.4 Å². The summed E-state index contributed by atoms with van der Waals surface area (Å²) in [6, 6.07) is 4.70. The first-order valence-corrected chi connectivity index (χ1v) is 7.89. The van der Waals surface area contributed by atoms with Crippen molar-refractivity contribution >= 4 is 17.5 Å². The van der Waals surface area contributed by atoms with E-state index in [1.807, 2.05) is 17.6 Å². The lowest BCUT2D eigenvalue weighted by Gasteiger charge is -2.22. The second kappa shape index (κ2) is 5.45. The number of imidazole rings is 1. The highest BCUT2D eigenvalue weighted by Crippen LogP contribution is 2.35. The predicted octanol–water partition coefficient (Wildman–Crippen LogP) is 2.65. The average Bonchev–Trinajstić information content (AvgIpc) is 3.22. The fraction of sp³-hybridized carbons (Fsp3) is 0.250. The van der Waals surface area contributed by atoms with Crippen LogP contribution in [-0.2, 0) is 6.42 Å². The Kier molecular flexibility index (Phi) is 3.38. The highest BCUT2D eigenvalue weighted by Gasteiger charge is 2.36. The smallest absolute Gasteiger partial charge is 0.256 e. The van der Waals surface area contributed by atoms with Gasteiger partial charge in [-0.2, -0.15) is 4.98 Å². The van der Waals surface area contributed by atoms with Gasteiger partial charge in [0.05, 0.1) is 29.5 Å². The second-order valence-corrected chi connectivity index (χ2v) is 6.01. The Labute approximate surface area is 142 Å². The lowest BCUT2D eigenvalue weighted by Crippen LogP contribution is -2.31. The van der Waals surface area contributed by atoms with Crippen molar-refractivity contribution in [3.8, 4) is 5.69 Å². The van der Waals surface area contributed by atoms with E-state index in [0.29, 0.717) is 28.7 Å².